The molecule has 0 aromatic heterocycles. The molecule has 1 radical (unpaired) electrons. The van der Waals surface area contributed by atoms with Crippen LogP contribution in [0.4, 0.5) is 0 Å². The van der Waals surface area contributed by atoms with Gasteiger partial charge in [-0.05, 0) is 41.3 Å². The Kier molecular flexibility index (Phi) is 6.63. The third kappa shape index (κ3) is 4.67. The molecule has 0 unspecified atom stereocenters. The van der Waals surface area contributed by atoms with Gasteiger partial charge in [-0.1, -0.05) is 82.2 Å². The van der Waals surface area contributed by atoms with Gasteiger partial charge in [-0.3, -0.25) is 0 Å². The first-order valence-corrected chi connectivity index (χ1v) is 8.29. The molecular weight excluding hydrogens is 240 g/mol. The second-order valence-corrected chi connectivity index (χ2v) is 5.79. The summed E-state index contributed by atoms with van der Waals surface area (Å²) in [5.41, 5.74) is 1.47. The lowest BCUT2D eigenvalue weighted by Crippen LogP contribution is -1.88. The van der Waals surface area contributed by atoms with Crippen molar-refractivity contribution in [3.05, 3.63) is 48.0 Å². The Bertz CT molecular complexity index is 493. The van der Waals surface area contributed by atoms with Crippen LogP contribution in [0.2, 0.25) is 0 Å². The Morgan fingerprint density at radius 3 is 2.30 bits per heavy atom. The quantitative estimate of drug-likeness (QED) is 0.466. The van der Waals surface area contributed by atoms with E-state index in [-0.39, 0.29) is 0 Å². The predicted molar refractivity (Wildman–Crippen MR) is 89.1 cm³/mol. The maximum Gasteiger partial charge on any atom is -0.0151 e. The molecule has 0 aliphatic carbocycles. The average Bonchev–Trinajstić information content (AvgIpc) is 2.50. The number of aryl methyl sites for hydroxylation is 1. The second kappa shape index (κ2) is 8.79. The van der Waals surface area contributed by atoms with E-state index in [1.54, 1.807) is 0 Å². The molecule has 2 aromatic rings. The summed E-state index contributed by atoms with van der Waals surface area (Å²) >= 11 is 0. The lowest BCUT2D eigenvalue weighted by molar-refractivity contribution is 0.576. The van der Waals surface area contributed by atoms with Crippen LogP contribution in [-0.4, -0.2) is 0 Å². The molecule has 0 bridgehead atoms. The number of unbranched alkanes of at least 4 members (excludes halogenated alkanes) is 7. The average molecular weight is 267 g/mol. The van der Waals surface area contributed by atoms with Crippen LogP contribution >= 0.6 is 0 Å². The first-order valence-electron chi connectivity index (χ1n) is 8.29. The highest BCUT2D eigenvalue weighted by atomic mass is 14.0. The Balaban J connectivity index is 1.71. The predicted octanol–water partition coefficient (Wildman–Crippen LogP) is 6.32. The van der Waals surface area contributed by atoms with Gasteiger partial charge < -0.3 is 0 Å². The summed E-state index contributed by atoms with van der Waals surface area (Å²) in [5, 5.41) is 2.73. The lowest BCUT2D eigenvalue weighted by atomic mass is 9.99. The Hall–Kier alpha value is -1.30. The third-order valence-corrected chi connectivity index (χ3v) is 4.10. The highest BCUT2D eigenvalue weighted by Crippen LogP contribution is 2.20. The molecule has 0 heterocycles. The number of fused-ring (bicyclic) bond motifs is 1. The van der Waals surface area contributed by atoms with Gasteiger partial charge in [-0.2, -0.15) is 0 Å². The molecule has 0 aliphatic rings. The molecule has 0 atom stereocenters. The summed E-state index contributed by atoms with van der Waals surface area (Å²) in [6.45, 7) is 2.28. The number of benzene rings is 2. The number of rotatable bonds is 9. The van der Waals surface area contributed by atoms with Crippen molar-refractivity contribution in [3.8, 4) is 0 Å². The monoisotopic (exact) mass is 267 g/mol. The zero-order valence-corrected chi connectivity index (χ0v) is 12.8. The standard InChI is InChI=1S/C20H27/c1-2-3-4-5-6-7-8-9-13-18-15-12-16-19-14-10-11-17-20(18)19/h10-11,14-17H,2-9,13H2,1H3. The molecule has 0 saturated heterocycles. The Morgan fingerprint density at radius 1 is 0.800 bits per heavy atom. The molecule has 0 fully saturated rings. The maximum atomic E-state index is 3.28. The molecule has 0 aliphatic heterocycles. The van der Waals surface area contributed by atoms with Gasteiger partial charge in [0.1, 0.15) is 0 Å². The van der Waals surface area contributed by atoms with Crippen LogP contribution in [-0.2, 0) is 6.42 Å². The van der Waals surface area contributed by atoms with Gasteiger partial charge in [-0.25, -0.2) is 0 Å². The minimum atomic E-state index is 1.20. The fraction of sp³-hybridized carbons (Fsp3) is 0.500. The summed E-state index contributed by atoms with van der Waals surface area (Å²) in [5.74, 6) is 0. The molecule has 0 heteroatoms. The number of hydrogen-bond acceptors (Lipinski definition) is 0. The van der Waals surface area contributed by atoms with E-state index in [2.05, 4.69) is 49.4 Å². The SMILES string of the molecule is CCCCCCCCCCc1c[c]cc2ccccc12. The van der Waals surface area contributed by atoms with Crippen molar-refractivity contribution in [3.63, 3.8) is 0 Å². The molecule has 0 nitrogen and oxygen atoms in total. The Morgan fingerprint density at radius 2 is 1.50 bits per heavy atom. The van der Waals surface area contributed by atoms with Crippen LogP contribution in [0.3, 0.4) is 0 Å². The summed E-state index contributed by atoms with van der Waals surface area (Å²) in [6, 6.07) is 16.2. The van der Waals surface area contributed by atoms with Crippen molar-refractivity contribution in [2.75, 3.05) is 0 Å². The van der Waals surface area contributed by atoms with E-state index in [0.717, 1.165) is 0 Å². The van der Waals surface area contributed by atoms with Gasteiger partial charge in [0.05, 0.1) is 0 Å². The van der Waals surface area contributed by atoms with Crippen molar-refractivity contribution in [1.29, 1.82) is 0 Å². The van der Waals surface area contributed by atoms with Crippen LogP contribution in [0.5, 0.6) is 0 Å². The van der Waals surface area contributed by atoms with E-state index in [1.165, 1.54) is 74.1 Å². The van der Waals surface area contributed by atoms with E-state index < -0.39 is 0 Å². The van der Waals surface area contributed by atoms with Gasteiger partial charge in [0.2, 0.25) is 0 Å². The van der Waals surface area contributed by atoms with Crippen molar-refractivity contribution < 1.29 is 0 Å². The van der Waals surface area contributed by atoms with Gasteiger partial charge in [0.25, 0.3) is 0 Å². The maximum absolute atomic E-state index is 3.28. The van der Waals surface area contributed by atoms with Crippen LogP contribution in [0, 0.1) is 6.07 Å². The largest absolute Gasteiger partial charge is 0.0654 e. The molecule has 107 valence electrons. The zero-order chi connectivity index (χ0) is 14.0. The first kappa shape index (κ1) is 15.1. The summed E-state index contributed by atoms with van der Waals surface area (Å²) in [4.78, 5) is 0. The van der Waals surface area contributed by atoms with E-state index in [0.29, 0.717) is 0 Å². The van der Waals surface area contributed by atoms with Crippen molar-refractivity contribution in [1.82, 2.24) is 0 Å². The van der Waals surface area contributed by atoms with Gasteiger partial charge in [0, 0.05) is 0 Å². The summed E-state index contributed by atoms with van der Waals surface area (Å²) < 4.78 is 0. The van der Waals surface area contributed by atoms with Crippen molar-refractivity contribution in [2.45, 2.75) is 64.7 Å². The minimum absolute atomic E-state index is 1.20. The fourth-order valence-electron chi connectivity index (χ4n) is 2.88. The lowest BCUT2D eigenvalue weighted by Gasteiger charge is -2.06. The molecule has 2 rings (SSSR count). The van der Waals surface area contributed by atoms with E-state index in [1.807, 2.05) is 0 Å². The Labute approximate surface area is 124 Å². The van der Waals surface area contributed by atoms with Crippen molar-refractivity contribution in [2.24, 2.45) is 0 Å². The van der Waals surface area contributed by atoms with E-state index in [9.17, 15) is 0 Å². The molecule has 0 spiro atoms. The molecule has 20 heavy (non-hydrogen) atoms. The van der Waals surface area contributed by atoms with Crippen LogP contribution < -0.4 is 0 Å². The summed E-state index contributed by atoms with van der Waals surface area (Å²) in [7, 11) is 0. The van der Waals surface area contributed by atoms with Crippen LogP contribution in [0.1, 0.15) is 63.9 Å². The highest BCUT2D eigenvalue weighted by molar-refractivity contribution is 5.85. The molecule has 0 N–H and O–H groups in total. The molecule has 2 aromatic carbocycles. The normalized spacial score (nSPS) is 11.1. The minimum Gasteiger partial charge on any atom is -0.0654 e. The smallest absolute Gasteiger partial charge is 0.0151 e. The van der Waals surface area contributed by atoms with Crippen molar-refractivity contribution >= 4 is 10.8 Å². The second-order valence-electron chi connectivity index (χ2n) is 5.79. The van der Waals surface area contributed by atoms with E-state index >= 15 is 0 Å². The van der Waals surface area contributed by atoms with Crippen LogP contribution in [0.25, 0.3) is 10.8 Å². The molecule has 0 amide bonds. The van der Waals surface area contributed by atoms with Gasteiger partial charge >= 0.3 is 0 Å². The van der Waals surface area contributed by atoms with Gasteiger partial charge in [0.15, 0.2) is 0 Å². The molecular formula is C20H27. The molecule has 0 saturated carbocycles. The van der Waals surface area contributed by atoms with E-state index in [4.69, 9.17) is 0 Å². The fourth-order valence-corrected chi connectivity index (χ4v) is 2.88. The topological polar surface area (TPSA) is 0 Å². The highest BCUT2D eigenvalue weighted by Gasteiger charge is 2.00. The first-order chi connectivity index (χ1) is 9.92. The third-order valence-electron chi connectivity index (χ3n) is 4.10. The summed E-state index contributed by atoms with van der Waals surface area (Å²) in [6.07, 6.45) is 12.3. The number of hydrogen-bond donors (Lipinski definition) is 0. The van der Waals surface area contributed by atoms with Crippen LogP contribution in [0.15, 0.2) is 36.4 Å². The van der Waals surface area contributed by atoms with Gasteiger partial charge in [-0.15, -0.1) is 0 Å². The zero-order valence-electron chi connectivity index (χ0n) is 12.8.